The second-order valence-electron chi connectivity index (χ2n) is 4.23. The van der Waals surface area contributed by atoms with E-state index in [0.29, 0.717) is 0 Å². The maximum absolute atomic E-state index is 4.18. The molecule has 0 aliphatic heterocycles. The Balaban J connectivity index is 0.00000180. The van der Waals surface area contributed by atoms with E-state index < -0.39 is 0 Å². The van der Waals surface area contributed by atoms with Crippen LogP contribution in [0.5, 0.6) is 0 Å². The number of para-hydroxylation sites is 1. The molecule has 0 amide bonds. The predicted molar refractivity (Wildman–Crippen MR) is 92.2 cm³/mol. The third kappa shape index (κ3) is 4.41. The fourth-order valence-electron chi connectivity index (χ4n) is 1.87. The van der Waals surface area contributed by atoms with Gasteiger partial charge in [0.2, 0.25) is 0 Å². The summed E-state index contributed by atoms with van der Waals surface area (Å²) in [4.78, 5) is 7.56. The van der Waals surface area contributed by atoms with E-state index in [-0.39, 0.29) is 24.0 Å². The van der Waals surface area contributed by atoms with E-state index in [4.69, 9.17) is 0 Å². The van der Waals surface area contributed by atoms with Gasteiger partial charge in [0.05, 0.1) is 6.54 Å². The van der Waals surface area contributed by atoms with Crippen LogP contribution in [0.3, 0.4) is 0 Å². The molecule has 19 heavy (non-hydrogen) atoms. The van der Waals surface area contributed by atoms with Crippen molar-refractivity contribution in [2.24, 2.45) is 4.99 Å². The van der Waals surface area contributed by atoms with E-state index in [1.54, 1.807) is 7.05 Å². The maximum Gasteiger partial charge on any atom is 0.191 e. The molecule has 0 bridgehead atoms. The predicted octanol–water partition coefficient (Wildman–Crippen LogP) is 2.86. The molecule has 1 aromatic carbocycles. The van der Waals surface area contributed by atoms with Crippen LogP contribution in [0.25, 0.3) is 10.9 Å². The first-order chi connectivity index (χ1) is 8.83. The van der Waals surface area contributed by atoms with E-state index >= 15 is 0 Å². The molecule has 0 radical (unpaired) electrons. The molecule has 1 aromatic heterocycles. The van der Waals surface area contributed by atoms with Crippen molar-refractivity contribution in [2.75, 3.05) is 13.6 Å². The molecule has 0 fully saturated rings. The lowest BCUT2D eigenvalue weighted by Gasteiger charge is -2.09. The molecule has 0 saturated carbocycles. The molecule has 2 aromatic rings. The quantitative estimate of drug-likeness (QED) is 0.439. The summed E-state index contributed by atoms with van der Waals surface area (Å²) in [6.07, 6.45) is 1.09. The van der Waals surface area contributed by atoms with Gasteiger partial charge in [-0.2, -0.15) is 0 Å². The normalized spacial score (nSPS) is 11.2. The minimum absolute atomic E-state index is 0. The highest BCUT2D eigenvalue weighted by atomic mass is 127. The van der Waals surface area contributed by atoms with Crippen LogP contribution in [0.4, 0.5) is 0 Å². The van der Waals surface area contributed by atoms with Crippen LogP contribution in [0.2, 0.25) is 0 Å². The van der Waals surface area contributed by atoms with E-state index in [0.717, 1.165) is 31.2 Å². The number of guanidine groups is 1. The minimum atomic E-state index is 0. The van der Waals surface area contributed by atoms with Crippen LogP contribution in [-0.2, 0) is 6.54 Å². The smallest absolute Gasteiger partial charge is 0.191 e. The molecular formula is C14H21IN4. The number of nitrogens with one attached hydrogen (secondary N) is 3. The summed E-state index contributed by atoms with van der Waals surface area (Å²) in [7, 11) is 1.79. The van der Waals surface area contributed by atoms with Gasteiger partial charge in [-0.25, -0.2) is 0 Å². The van der Waals surface area contributed by atoms with Gasteiger partial charge in [-0.3, -0.25) is 4.99 Å². The van der Waals surface area contributed by atoms with Crippen LogP contribution in [-0.4, -0.2) is 24.5 Å². The first kappa shape index (κ1) is 15.8. The fraction of sp³-hybridized carbons (Fsp3) is 0.357. The summed E-state index contributed by atoms with van der Waals surface area (Å²) < 4.78 is 0. The summed E-state index contributed by atoms with van der Waals surface area (Å²) in [6, 6.07) is 10.4. The number of hydrogen-bond acceptors (Lipinski definition) is 1. The van der Waals surface area contributed by atoms with Crippen molar-refractivity contribution in [1.82, 2.24) is 15.6 Å². The Morgan fingerprint density at radius 1 is 1.26 bits per heavy atom. The third-order valence-electron chi connectivity index (χ3n) is 2.80. The van der Waals surface area contributed by atoms with E-state index in [2.05, 4.69) is 51.8 Å². The first-order valence-corrected chi connectivity index (χ1v) is 6.34. The second-order valence-corrected chi connectivity index (χ2v) is 4.23. The van der Waals surface area contributed by atoms with Crippen molar-refractivity contribution in [3.8, 4) is 0 Å². The van der Waals surface area contributed by atoms with Gasteiger partial charge in [-0.1, -0.05) is 25.1 Å². The summed E-state index contributed by atoms with van der Waals surface area (Å²) in [5, 5.41) is 7.78. The molecule has 3 N–H and O–H groups in total. The van der Waals surface area contributed by atoms with Gasteiger partial charge in [0.1, 0.15) is 0 Å². The highest BCUT2D eigenvalue weighted by Gasteiger charge is 2.01. The van der Waals surface area contributed by atoms with E-state index in [9.17, 15) is 0 Å². The Morgan fingerprint density at radius 2 is 2.05 bits per heavy atom. The van der Waals surface area contributed by atoms with Gasteiger partial charge in [0.25, 0.3) is 0 Å². The number of aliphatic imine (C=N–C) groups is 1. The molecule has 0 saturated heterocycles. The SMILES string of the molecule is CCCNC(=NC)NCc1cc2ccccc2[nH]1.I. The Hall–Kier alpha value is -1.24. The Kier molecular flexibility index (Phi) is 6.69. The Morgan fingerprint density at radius 3 is 2.74 bits per heavy atom. The third-order valence-corrected chi connectivity index (χ3v) is 2.80. The van der Waals surface area contributed by atoms with Gasteiger partial charge < -0.3 is 15.6 Å². The summed E-state index contributed by atoms with van der Waals surface area (Å²) in [5.74, 6) is 0.843. The van der Waals surface area contributed by atoms with Crippen LogP contribution in [0.1, 0.15) is 19.0 Å². The lowest BCUT2D eigenvalue weighted by atomic mass is 10.2. The zero-order valence-corrected chi connectivity index (χ0v) is 13.7. The highest BCUT2D eigenvalue weighted by Crippen LogP contribution is 2.14. The molecule has 0 atom stereocenters. The minimum Gasteiger partial charge on any atom is -0.357 e. The van der Waals surface area contributed by atoms with Crippen molar-refractivity contribution < 1.29 is 0 Å². The van der Waals surface area contributed by atoms with Crippen LogP contribution < -0.4 is 10.6 Å². The van der Waals surface area contributed by atoms with E-state index in [1.165, 1.54) is 10.9 Å². The average molecular weight is 372 g/mol. The number of fused-ring (bicyclic) bond motifs is 1. The fourth-order valence-corrected chi connectivity index (χ4v) is 1.87. The molecule has 2 rings (SSSR count). The van der Waals surface area contributed by atoms with Crippen LogP contribution >= 0.6 is 24.0 Å². The summed E-state index contributed by atoms with van der Waals surface area (Å²) in [5.41, 5.74) is 2.33. The topological polar surface area (TPSA) is 52.2 Å². The van der Waals surface area contributed by atoms with Gasteiger partial charge in [-0.05, 0) is 23.9 Å². The molecule has 104 valence electrons. The van der Waals surface area contributed by atoms with Crippen molar-refractivity contribution in [1.29, 1.82) is 0 Å². The molecule has 0 aliphatic rings. The first-order valence-electron chi connectivity index (χ1n) is 6.34. The van der Waals surface area contributed by atoms with E-state index in [1.807, 2.05) is 6.07 Å². The molecule has 0 unspecified atom stereocenters. The zero-order valence-electron chi connectivity index (χ0n) is 11.4. The number of benzene rings is 1. The number of aromatic amines is 1. The van der Waals surface area contributed by atoms with Gasteiger partial charge in [0.15, 0.2) is 5.96 Å². The standard InChI is InChI=1S/C14H20N4.HI/c1-3-8-16-14(15-2)17-10-12-9-11-6-4-5-7-13(11)18-12;/h4-7,9,18H,3,8,10H2,1-2H3,(H2,15,16,17);1H. The molecule has 1 heterocycles. The van der Waals surface area contributed by atoms with Crippen LogP contribution in [0.15, 0.2) is 35.3 Å². The maximum atomic E-state index is 4.18. The second kappa shape index (κ2) is 8.04. The van der Waals surface area contributed by atoms with Crippen LogP contribution in [0, 0.1) is 0 Å². The Bertz CT molecular complexity index is 500. The molecular weight excluding hydrogens is 351 g/mol. The monoisotopic (exact) mass is 372 g/mol. The molecule has 0 aliphatic carbocycles. The number of rotatable bonds is 4. The number of H-pyrrole nitrogens is 1. The number of hydrogen-bond donors (Lipinski definition) is 3. The highest BCUT2D eigenvalue weighted by molar-refractivity contribution is 14.0. The van der Waals surface area contributed by atoms with Crippen molar-refractivity contribution in [3.05, 3.63) is 36.0 Å². The molecule has 4 nitrogen and oxygen atoms in total. The largest absolute Gasteiger partial charge is 0.357 e. The van der Waals surface area contributed by atoms with Crippen molar-refractivity contribution in [2.45, 2.75) is 19.9 Å². The summed E-state index contributed by atoms with van der Waals surface area (Å²) >= 11 is 0. The van der Waals surface area contributed by atoms with Gasteiger partial charge in [-0.15, -0.1) is 24.0 Å². The number of nitrogens with zero attached hydrogens (tertiary/aromatic N) is 1. The summed E-state index contributed by atoms with van der Waals surface area (Å²) in [6.45, 7) is 3.82. The lowest BCUT2D eigenvalue weighted by molar-refractivity contribution is 0.775. The number of aromatic nitrogens is 1. The molecule has 0 spiro atoms. The number of halogens is 1. The van der Waals surface area contributed by atoms with Crippen molar-refractivity contribution >= 4 is 40.8 Å². The van der Waals surface area contributed by atoms with Crippen molar-refractivity contribution in [3.63, 3.8) is 0 Å². The molecule has 5 heteroatoms. The average Bonchev–Trinajstić information content (AvgIpc) is 2.81. The zero-order chi connectivity index (χ0) is 12.8. The lowest BCUT2D eigenvalue weighted by Crippen LogP contribution is -2.37. The Labute approximate surface area is 131 Å². The van der Waals surface area contributed by atoms with Gasteiger partial charge in [0, 0.05) is 24.8 Å². The van der Waals surface area contributed by atoms with Gasteiger partial charge >= 0.3 is 0 Å².